The second kappa shape index (κ2) is 6.05. The number of halogens is 2. The van der Waals surface area contributed by atoms with Crippen LogP contribution in [-0.4, -0.2) is 14.5 Å². The Morgan fingerprint density at radius 2 is 1.70 bits per heavy atom. The number of nitrogens with one attached hydrogen (secondary N) is 1. The first-order valence-corrected chi connectivity index (χ1v) is 8.15. The fourth-order valence-electron chi connectivity index (χ4n) is 2.46. The van der Waals surface area contributed by atoms with E-state index in [0.717, 1.165) is 37.8 Å². The van der Waals surface area contributed by atoms with E-state index >= 15 is 0 Å². The van der Waals surface area contributed by atoms with Gasteiger partial charge in [-0.1, -0.05) is 25.7 Å². The minimum Gasteiger partial charge on any atom is -0.399 e. The first-order valence-electron chi connectivity index (χ1n) is 6.67. The molecule has 0 spiro atoms. The zero-order valence-corrected chi connectivity index (χ0v) is 11.8. The molecule has 0 atom stereocenters. The molecule has 0 saturated heterocycles. The highest BCUT2D eigenvalue weighted by Crippen LogP contribution is 2.23. The van der Waals surface area contributed by atoms with Crippen LogP contribution in [0.5, 0.6) is 0 Å². The topological polar surface area (TPSA) is 72.2 Å². The van der Waals surface area contributed by atoms with Gasteiger partial charge >= 0.3 is 0 Å². The van der Waals surface area contributed by atoms with E-state index in [-0.39, 0.29) is 11.7 Å². The van der Waals surface area contributed by atoms with Gasteiger partial charge in [-0.05, 0) is 25.0 Å². The van der Waals surface area contributed by atoms with Crippen molar-refractivity contribution in [2.75, 3.05) is 5.73 Å². The van der Waals surface area contributed by atoms with Crippen molar-refractivity contribution in [3.05, 3.63) is 23.8 Å². The molecule has 0 radical (unpaired) electrons. The number of hydrogen-bond acceptors (Lipinski definition) is 3. The summed E-state index contributed by atoms with van der Waals surface area (Å²) in [7, 11) is -4.10. The summed E-state index contributed by atoms with van der Waals surface area (Å²) in [5.41, 5.74) is 5.26. The molecule has 0 bridgehead atoms. The Labute approximate surface area is 117 Å². The zero-order chi connectivity index (χ0) is 14.8. The summed E-state index contributed by atoms with van der Waals surface area (Å²) in [5.74, 6) is -2.65. The lowest BCUT2D eigenvalue weighted by Crippen LogP contribution is -2.35. The highest BCUT2D eigenvalue weighted by molar-refractivity contribution is 7.89. The molecule has 0 heterocycles. The monoisotopic (exact) mass is 304 g/mol. The lowest BCUT2D eigenvalue weighted by Gasteiger charge is -2.17. The number of sulfonamides is 1. The molecule has 7 heteroatoms. The number of nitrogen functional groups attached to an aromatic ring is 1. The lowest BCUT2D eigenvalue weighted by molar-refractivity contribution is 0.475. The van der Waals surface area contributed by atoms with Gasteiger partial charge in [0.2, 0.25) is 10.0 Å². The second-order valence-electron chi connectivity index (χ2n) is 5.12. The Kier molecular flexibility index (Phi) is 4.59. The number of benzene rings is 1. The Hall–Kier alpha value is -1.21. The van der Waals surface area contributed by atoms with E-state index in [4.69, 9.17) is 5.73 Å². The molecule has 0 unspecified atom stereocenters. The van der Waals surface area contributed by atoms with Crippen molar-refractivity contribution in [1.29, 1.82) is 0 Å². The maximum Gasteiger partial charge on any atom is 0.243 e. The highest BCUT2D eigenvalue weighted by atomic mass is 32.2. The molecular formula is C13H18F2N2O2S. The first-order chi connectivity index (χ1) is 9.40. The van der Waals surface area contributed by atoms with E-state index in [1.165, 1.54) is 0 Å². The molecule has 1 aliphatic rings. The molecule has 4 nitrogen and oxygen atoms in total. The van der Waals surface area contributed by atoms with Gasteiger partial charge in [-0.3, -0.25) is 0 Å². The summed E-state index contributed by atoms with van der Waals surface area (Å²) >= 11 is 0. The van der Waals surface area contributed by atoms with Crippen LogP contribution in [0.4, 0.5) is 14.5 Å². The van der Waals surface area contributed by atoms with Crippen molar-refractivity contribution in [3.8, 4) is 0 Å². The zero-order valence-electron chi connectivity index (χ0n) is 11.0. The molecule has 0 amide bonds. The molecule has 1 saturated carbocycles. The molecule has 3 N–H and O–H groups in total. The van der Waals surface area contributed by atoms with Crippen molar-refractivity contribution in [1.82, 2.24) is 4.72 Å². The van der Waals surface area contributed by atoms with Gasteiger partial charge in [-0.15, -0.1) is 0 Å². The van der Waals surface area contributed by atoms with E-state index < -0.39 is 26.6 Å². The molecule has 2 rings (SSSR count). The van der Waals surface area contributed by atoms with E-state index in [2.05, 4.69) is 4.72 Å². The van der Waals surface area contributed by atoms with Crippen molar-refractivity contribution in [2.45, 2.75) is 49.5 Å². The fourth-order valence-corrected chi connectivity index (χ4v) is 3.89. The second-order valence-corrected chi connectivity index (χ2v) is 6.81. The average Bonchev–Trinajstić information content (AvgIpc) is 2.61. The maximum absolute atomic E-state index is 13.7. The molecular weight excluding hydrogens is 286 g/mol. The standard InChI is InChI=1S/C13H18F2N2O2S/c14-11-7-9(16)8-12(13(11)15)20(18,19)17-10-5-3-1-2-4-6-10/h7-8,10,17H,1-6,16H2. The molecule has 1 fully saturated rings. The summed E-state index contributed by atoms with van der Waals surface area (Å²) in [5, 5.41) is 0. The molecule has 0 aliphatic heterocycles. The third kappa shape index (κ3) is 3.46. The normalized spacial score (nSPS) is 17.9. The Morgan fingerprint density at radius 3 is 2.30 bits per heavy atom. The van der Waals surface area contributed by atoms with Crippen LogP contribution in [0, 0.1) is 11.6 Å². The third-order valence-corrected chi connectivity index (χ3v) is 5.00. The van der Waals surface area contributed by atoms with Crippen LogP contribution >= 0.6 is 0 Å². The molecule has 0 aromatic heterocycles. The largest absolute Gasteiger partial charge is 0.399 e. The number of nitrogens with two attached hydrogens (primary N) is 1. The van der Waals surface area contributed by atoms with Crippen LogP contribution < -0.4 is 10.5 Å². The predicted octanol–water partition coefficient (Wildman–Crippen LogP) is 2.55. The Morgan fingerprint density at radius 1 is 1.10 bits per heavy atom. The van der Waals surface area contributed by atoms with Crippen LogP contribution in [0.2, 0.25) is 0 Å². The van der Waals surface area contributed by atoms with Crippen LogP contribution in [0.1, 0.15) is 38.5 Å². The van der Waals surface area contributed by atoms with Gasteiger partial charge in [0, 0.05) is 11.7 Å². The SMILES string of the molecule is Nc1cc(F)c(F)c(S(=O)(=O)NC2CCCCCC2)c1. The number of hydrogen-bond donors (Lipinski definition) is 2. The molecule has 1 aromatic rings. The Balaban J connectivity index is 2.26. The van der Waals surface area contributed by atoms with Crippen LogP contribution in [0.15, 0.2) is 17.0 Å². The first kappa shape index (κ1) is 15.2. The molecule has 1 aliphatic carbocycles. The van der Waals surface area contributed by atoms with Gasteiger partial charge in [0.1, 0.15) is 4.90 Å². The highest BCUT2D eigenvalue weighted by Gasteiger charge is 2.26. The van der Waals surface area contributed by atoms with Crippen LogP contribution in [0.3, 0.4) is 0 Å². The minimum absolute atomic E-state index is 0.120. The maximum atomic E-state index is 13.7. The van der Waals surface area contributed by atoms with Crippen LogP contribution in [0.25, 0.3) is 0 Å². The van der Waals surface area contributed by atoms with Crippen molar-refractivity contribution in [2.24, 2.45) is 0 Å². The summed E-state index contributed by atoms with van der Waals surface area (Å²) in [4.78, 5) is -0.723. The van der Waals surface area contributed by atoms with Crippen molar-refractivity contribution < 1.29 is 17.2 Å². The van der Waals surface area contributed by atoms with Gasteiger partial charge in [-0.2, -0.15) is 0 Å². The Bertz CT molecular complexity index is 582. The molecule has 112 valence electrons. The van der Waals surface area contributed by atoms with Gasteiger partial charge in [0.05, 0.1) is 0 Å². The lowest BCUT2D eigenvalue weighted by atomic mass is 10.1. The quantitative estimate of drug-likeness (QED) is 0.666. The van der Waals surface area contributed by atoms with Gasteiger partial charge in [-0.25, -0.2) is 21.9 Å². The van der Waals surface area contributed by atoms with Gasteiger partial charge < -0.3 is 5.73 Å². The third-order valence-electron chi connectivity index (χ3n) is 3.48. The van der Waals surface area contributed by atoms with Crippen molar-refractivity contribution >= 4 is 15.7 Å². The van der Waals surface area contributed by atoms with E-state index in [9.17, 15) is 17.2 Å². The van der Waals surface area contributed by atoms with Crippen molar-refractivity contribution in [3.63, 3.8) is 0 Å². The van der Waals surface area contributed by atoms with Gasteiger partial charge in [0.15, 0.2) is 11.6 Å². The minimum atomic E-state index is -4.10. The summed E-state index contributed by atoms with van der Waals surface area (Å²) in [6.07, 6.45) is 5.43. The molecule has 20 heavy (non-hydrogen) atoms. The van der Waals surface area contributed by atoms with E-state index in [1.807, 2.05) is 0 Å². The summed E-state index contributed by atoms with van der Waals surface area (Å²) in [6, 6.07) is 1.48. The average molecular weight is 304 g/mol. The predicted molar refractivity (Wildman–Crippen MR) is 72.6 cm³/mol. The van der Waals surface area contributed by atoms with Crippen LogP contribution in [-0.2, 0) is 10.0 Å². The number of rotatable bonds is 3. The van der Waals surface area contributed by atoms with E-state index in [0.29, 0.717) is 12.8 Å². The fraction of sp³-hybridized carbons (Fsp3) is 0.538. The van der Waals surface area contributed by atoms with E-state index in [1.54, 1.807) is 0 Å². The smallest absolute Gasteiger partial charge is 0.243 e. The summed E-state index contributed by atoms with van der Waals surface area (Å²) in [6.45, 7) is 0. The molecule has 1 aromatic carbocycles. The summed E-state index contributed by atoms with van der Waals surface area (Å²) < 4.78 is 53.7. The van der Waals surface area contributed by atoms with Gasteiger partial charge in [0.25, 0.3) is 0 Å². The number of anilines is 1.